The van der Waals surface area contributed by atoms with Gasteiger partial charge in [0.15, 0.2) is 0 Å². The van der Waals surface area contributed by atoms with Crippen LogP contribution in [0.25, 0.3) is 0 Å². The summed E-state index contributed by atoms with van der Waals surface area (Å²) in [5, 5.41) is 3.26. The summed E-state index contributed by atoms with van der Waals surface area (Å²) < 4.78 is 0. The van der Waals surface area contributed by atoms with Crippen LogP contribution in [0.1, 0.15) is 29.6 Å². The number of aromatic amines is 1. The third-order valence-electron chi connectivity index (χ3n) is 3.47. The molecule has 6 heteroatoms. The van der Waals surface area contributed by atoms with E-state index >= 15 is 0 Å². The Balaban J connectivity index is 1.71. The lowest BCUT2D eigenvalue weighted by atomic mass is 9.97. The number of hydrogen-bond acceptors (Lipinski definition) is 5. The molecule has 1 fully saturated rings. The van der Waals surface area contributed by atoms with E-state index < -0.39 is 0 Å². The maximum atomic E-state index is 11.5. The molecule has 0 amide bonds. The van der Waals surface area contributed by atoms with Crippen LogP contribution in [0.5, 0.6) is 0 Å². The van der Waals surface area contributed by atoms with Gasteiger partial charge in [-0.05, 0) is 19.8 Å². The van der Waals surface area contributed by atoms with Gasteiger partial charge in [-0.15, -0.1) is 11.3 Å². The van der Waals surface area contributed by atoms with Crippen LogP contribution < -0.4 is 10.5 Å². The van der Waals surface area contributed by atoms with Crippen molar-refractivity contribution in [2.45, 2.75) is 25.7 Å². The number of aryl methyl sites for hydroxylation is 1. The predicted octanol–water partition coefficient (Wildman–Crippen LogP) is 1.92. The first-order valence-electron chi connectivity index (χ1n) is 6.44. The molecule has 0 unspecified atom stereocenters. The van der Waals surface area contributed by atoms with Gasteiger partial charge >= 0.3 is 0 Å². The quantitative estimate of drug-likeness (QED) is 0.910. The van der Waals surface area contributed by atoms with Gasteiger partial charge in [-0.25, -0.2) is 9.97 Å². The molecule has 1 aliphatic rings. The van der Waals surface area contributed by atoms with Crippen molar-refractivity contribution in [2.75, 3.05) is 18.0 Å². The van der Waals surface area contributed by atoms with Crippen molar-refractivity contribution in [1.29, 1.82) is 0 Å². The lowest BCUT2D eigenvalue weighted by Gasteiger charge is -2.31. The molecule has 0 radical (unpaired) electrons. The number of anilines is 1. The smallest absolute Gasteiger partial charge is 0.252 e. The number of thiazole rings is 1. The van der Waals surface area contributed by atoms with Crippen molar-refractivity contribution in [3.63, 3.8) is 0 Å². The van der Waals surface area contributed by atoms with E-state index in [9.17, 15) is 4.79 Å². The first-order valence-corrected chi connectivity index (χ1v) is 7.32. The molecule has 1 N–H and O–H groups in total. The molecule has 2 aromatic heterocycles. The maximum Gasteiger partial charge on any atom is 0.252 e. The molecule has 5 nitrogen and oxygen atoms in total. The minimum atomic E-state index is -0.0791. The average Bonchev–Trinajstić information content (AvgIpc) is 2.91. The number of hydrogen-bond donors (Lipinski definition) is 1. The van der Waals surface area contributed by atoms with E-state index in [4.69, 9.17) is 0 Å². The topological polar surface area (TPSA) is 61.9 Å². The highest BCUT2D eigenvalue weighted by Crippen LogP contribution is 2.30. The molecule has 1 saturated heterocycles. The summed E-state index contributed by atoms with van der Waals surface area (Å²) in [4.78, 5) is 25.1. The standard InChI is InChI=1S/C13H16N4OS/c1-9-15-11(8-12(18)16-9)17-5-2-10(3-6-17)13-14-4-7-19-13/h4,7-8,10H,2-3,5-6H2,1H3,(H,15,16,18). The van der Waals surface area contributed by atoms with Crippen LogP contribution in [0.15, 0.2) is 22.4 Å². The second-order valence-corrected chi connectivity index (χ2v) is 5.75. The molecule has 1 aliphatic heterocycles. The van der Waals surface area contributed by atoms with E-state index in [0.29, 0.717) is 11.7 Å². The van der Waals surface area contributed by atoms with Gasteiger partial charge in [0.2, 0.25) is 0 Å². The highest BCUT2D eigenvalue weighted by molar-refractivity contribution is 7.09. The zero-order valence-electron chi connectivity index (χ0n) is 10.8. The van der Waals surface area contributed by atoms with Gasteiger partial charge in [-0.3, -0.25) is 4.79 Å². The summed E-state index contributed by atoms with van der Waals surface area (Å²) in [7, 11) is 0. The third kappa shape index (κ3) is 2.68. The Morgan fingerprint density at radius 1 is 1.42 bits per heavy atom. The fraction of sp³-hybridized carbons (Fsp3) is 0.462. The second-order valence-electron chi connectivity index (χ2n) is 4.82. The fourth-order valence-electron chi connectivity index (χ4n) is 2.52. The SMILES string of the molecule is Cc1nc(N2CCC(c3nccs3)CC2)cc(=O)[nH]1. The number of rotatable bonds is 2. The van der Waals surface area contributed by atoms with Gasteiger partial charge in [0, 0.05) is 36.7 Å². The lowest BCUT2D eigenvalue weighted by Crippen LogP contribution is -2.34. The van der Waals surface area contributed by atoms with Crippen LogP contribution in [-0.4, -0.2) is 28.0 Å². The number of aromatic nitrogens is 3. The summed E-state index contributed by atoms with van der Waals surface area (Å²) in [5.41, 5.74) is -0.0791. The molecule has 0 bridgehead atoms. The van der Waals surface area contributed by atoms with Gasteiger partial charge in [0.25, 0.3) is 5.56 Å². The second kappa shape index (κ2) is 5.13. The van der Waals surface area contributed by atoms with Crippen LogP contribution in [0.3, 0.4) is 0 Å². The Kier molecular flexibility index (Phi) is 3.33. The molecule has 2 aromatic rings. The fourth-order valence-corrected chi connectivity index (χ4v) is 3.33. The van der Waals surface area contributed by atoms with E-state index in [1.165, 1.54) is 5.01 Å². The highest BCUT2D eigenvalue weighted by atomic mass is 32.1. The average molecular weight is 276 g/mol. The number of H-pyrrole nitrogens is 1. The van der Waals surface area contributed by atoms with E-state index in [2.05, 4.69) is 19.9 Å². The number of nitrogens with zero attached hydrogens (tertiary/aromatic N) is 3. The number of nitrogens with one attached hydrogen (secondary N) is 1. The highest BCUT2D eigenvalue weighted by Gasteiger charge is 2.23. The maximum absolute atomic E-state index is 11.5. The minimum absolute atomic E-state index is 0.0791. The van der Waals surface area contributed by atoms with Crippen molar-refractivity contribution in [3.8, 4) is 0 Å². The molecule has 0 aromatic carbocycles. The summed E-state index contributed by atoms with van der Waals surface area (Å²) >= 11 is 1.73. The molecule has 0 spiro atoms. The Hall–Kier alpha value is -1.69. The Labute approximate surface area is 115 Å². The molecule has 3 rings (SSSR count). The normalized spacial score (nSPS) is 16.8. The molecule has 0 saturated carbocycles. The molecule has 19 heavy (non-hydrogen) atoms. The van der Waals surface area contributed by atoms with Gasteiger partial charge in [-0.1, -0.05) is 0 Å². The molecule has 0 atom stereocenters. The van der Waals surface area contributed by atoms with Crippen LogP contribution in [0.4, 0.5) is 5.82 Å². The zero-order chi connectivity index (χ0) is 13.2. The van der Waals surface area contributed by atoms with E-state index in [-0.39, 0.29) is 5.56 Å². The van der Waals surface area contributed by atoms with E-state index in [1.54, 1.807) is 17.4 Å². The summed E-state index contributed by atoms with van der Waals surface area (Å²) in [5.74, 6) is 2.02. The van der Waals surface area contributed by atoms with E-state index in [0.717, 1.165) is 31.7 Å². The van der Waals surface area contributed by atoms with Crippen LogP contribution >= 0.6 is 11.3 Å². The first kappa shape index (κ1) is 12.3. The minimum Gasteiger partial charge on any atom is -0.356 e. The number of piperidine rings is 1. The zero-order valence-corrected chi connectivity index (χ0v) is 11.6. The van der Waals surface area contributed by atoms with Gasteiger partial charge < -0.3 is 9.88 Å². The van der Waals surface area contributed by atoms with Gasteiger partial charge in [-0.2, -0.15) is 0 Å². The molecule has 3 heterocycles. The van der Waals surface area contributed by atoms with Crippen LogP contribution in [0.2, 0.25) is 0 Å². The predicted molar refractivity (Wildman–Crippen MR) is 75.9 cm³/mol. The largest absolute Gasteiger partial charge is 0.356 e. The summed E-state index contributed by atoms with van der Waals surface area (Å²) in [6.45, 7) is 3.67. The van der Waals surface area contributed by atoms with Gasteiger partial charge in [0.05, 0.1) is 5.01 Å². The molecule has 100 valence electrons. The monoisotopic (exact) mass is 276 g/mol. The van der Waals surface area contributed by atoms with E-state index in [1.807, 2.05) is 18.5 Å². The molecular formula is C13H16N4OS. The van der Waals surface area contributed by atoms with Crippen molar-refractivity contribution in [1.82, 2.24) is 15.0 Å². The Morgan fingerprint density at radius 2 is 2.21 bits per heavy atom. The van der Waals surface area contributed by atoms with Crippen molar-refractivity contribution in [3.05, 3.63) is 38.8 Å². The van der Waals surface area contributed by atoms with Crippen molar-refractivity contribution in [2.24, 2.45) is 0 Å². The molecule has 0 aliphatic carbocycles. The third-order valence-corrected chi connectivity index (χ3v) is 4.40. The Morgan fingerprint density at radius 3 is 2.84 bits per heavy atom. The first-order chi connectivity index (χ1) is 9.22. The lowest BCUT2D eigenvalue weighted by molar-refractivity contribution is 0.500. The molecular weight excluding hydrogens is 260 g/mol. The van der Waals surface area contributed by atoms with Crippen molar-refractivity contribution < 1.29 is 0 Å². The van der Waals surface area contributed by atoms with Crippen LogP contribution in [0, 0.1) is 6.92 Å². The van der Waals surface area contributed by atoms with Gasteiger partial charge in [0.1, 0.15) is 11.6 Å². The summed E-state index contributed by atoms with van der Waals surface area (Å²) in [6, 6.07) is 1.58. The van der Waals surface area contributed by atoms with Crippen LogP contribution in [-0.2, 0) is 0 Å². The van der Waals surface area contributed by atoms with Crippen molar-refractivity contribution >= 4 is 17.2 Å². The Bertz CT molecular complexity index is 599. The summed E-state index contributed by atoms with van der Waals surface area (Å²) in [6.07, 6.45) is 4.01.